The summed E-state index contributed by atoms with van der Waals surface area (Å²) in [4.78, 5) is 10.7. The van der Waals surface area contributed by atoms with Gasteiger partial charge in [-0.3, -0.25) is 0 Å². The summed E-state index contributed by atoms with van der Waals surface area (Å²) in [5, 5.41) is 0. The molecule has 0 spiro atoms. The van der Waals surface area contributed by atoms with E-state index in [1.165, 1.54) is 6.08 Å². The lowest BCUT2D eigenvalue weighted by Gasteiger charge is -2.26. The molecular weight excluding hydrogens is 321 g/mol. The van der Waals surface area contributed by atoms with Crippen LogP contribution in [0.1, 0.15) is 26.2 Å². The minimum absolute atomic E-state index is 0.0840. The minimum atomic E-state index is -6.55. The van der Waals surface area contributed by atoms with Crippen LogP contribution in [0.15, 0.2) is 24.3 Å². The summed E-state index contributed by atoms with van der Waals surface area (Å²) in [7, 11) is 0. The Bertz CT molecular complexity index is 411. The van der Waals surface area contributed by atoms with Crippen LogP contribution in [0.4, 0.5) is 30.7 Å². The van der Waals surface area contributed by atoms with Gasteiger partial charge in [-0.15, -0.1) is 0 Å². The molecule has 0 aliphatic heterocycles. The average Bonchev–Trinajstić information content (AvgIpc) is 2.39. The SMILES string of the molecule is CC/C=C/C/C=C/CCOC(=O)C(F)(F)C(F)(F)C(F)(F)F. The lowest BCUT2D eigenvalue weighted by molar-refractivity contribution is -0.348. The summed E-state index contributed by atoms with van der Waals surface area (Å²) < 4.78 is 89.9. The smallest absolute Gasteiger partial charge is 0.460 e. The number of carbonyl (C=O) groups is 1. The van der Waals surface area contributed by atoms with Crippen molar-refractivity contribution in [3.05, 3.63) is 24.3 Å². The third-order valence-corrected chi connectivity index (χ3v) is 2.37. The number of hydrogen-bond acceptors (Lipinski definition) is 2. The van der Waals surface area contributed by atoms with Crippen molar-refractivity contribution in [1.29, 1.82) is 0 Å². The Hall–Kier alpha value is -1.54. The number of rotatable bonds is 8. The summed E-state index contributed by atoms with van der Waals surface area (Å²) in [5.41, 5.74) is 0. The van der Waals surface area contributed by atoms with Crippen molar-refractivity contribution in [2.24, 2.45) is 0 Å². The Morgan fingerprint density at radius 2 is 1.50 bits per heavy atom. The fourth-order valence-electron chi connectivity index (χ4n) is 1.17. The van der Waals surface area contributed by atoms with Gasteiger partial charge in [0.15, 0.2) is 0 Å². The van der Waals surface area contributed by atoms with Gasteiger partial charge in [-0.2, -0.15) is 30.7 Å². The van der Waals surface area contributed by atoms with Crippen LogP contribution < -0.4 is 0 Å². The number of allylic oxidation sites excluding steroid dienone is 3. The molecule has 0 radical (unpaired) electrons. The van der Waals surface area contributed by atoms with E-state index in [0.717, 1.165) is 6.42 Å². The van der Waals surface area contributed by atoms with Crippen LogP contribution in [-0.4, -0.2) is 30.6 Å². The molecule has 0 fully saturated rings. The van der Waals surface area contributed by atoms with E-state index in [9.17, 15) is 35.5 Å². The summed E-state index contributed by atoms with van der Waals surface area (Å²) in [5.74, 6) is -15.4. The molecule has 9 heteroatoms. The van der Waals surface area contributed by atoms with E-state index in [0.29, 0.717) is 6.42 Å². The normalized spacial score (nSPS) is 14.0. The third kappa shape index (κ3) is 5.34. The number of ether oxygens (including phenoxy) is 1. The van der Waals surface area contributed by atoms with Gasteiger partial charge < -0.3 is 4.74 Å². The Morgan fingerprint density at radius 1 is 0.955 bits per heavy atom. The number of alkyl halides is 7. The second-order valence-corrected chi connectivity index (χ2v) is 4.16. The average molecular weight is 336 g/mol. The molecule has 0 aliphatic rings. The summed E-state index contributed by atoms with van der Waals surface area (Å²) >= 11 is 0. The van der Waals surface area contributed by atoms with E-state index >= 15 is 0 Å². The van der Waals surface area contributed by atoms with E-state index in [2.05, 4.69) is 4.74 Å². The van der Waals surface area contributed by atoms with Crippen LogP contribution >= 0.6 is 0 Å². The fraction of sp³-hybridized carbons (Fsp3) is 0.615. The highest BCUT2D eigenvalue weighted by Gasteiger charge is 2.77. The van der Waals surface area contributed by atoms with Crippen LogP contribution in [0.5, 0.6) is 0 Å². The zero-order valence-corrected chi connectivity index (χ0v) is 11.6. The van der Waals surface area contributed by atoms with Crippen molar-refractivity contribution in [1.82, 2.24) is 0 Å². The fourth-order valence-corrected chi connectivity index (χ4v) is 1.17. The van der Waals surface area contributed by atoms with E-state index in [4.69, 9.17) is 0 Å². The molecule has 128 valence electrons. The van der Waals surface area contributed by atoms with E-state index in [-0.39, 0.29) is 6.42 Å². The van der Waals surface area contributed by atoms with Gasteiger partial charge in [-0.25, -0.2) is 4.79 Å². The maximum absolute atomic E-state index is 12.8. The lowest BCUT2D eigenvalue weighted by Crippen LogP contribution is -2.56. The Kier molecular flexibility index (Phi) is 7.61. The molecule has 0 aromatic carbocycles. The maximum atomic E-state index is 12.8. The van der Waals surface area contributed by atoms with Gasteiger partial charge in [0.05, 0.1) is 6.61 Å². The van der Waals surface area contributed by atoms with Crippen molar-refractivity contribution >= 4 is 5.97 Å². The predicted molar refractivity (Wildman–Crippen MR) is 64.7 cm³/mol. The largest absolute Gasteiger partial charge is 0.461 e. The molecule has 2 nitrogen and oxygen atoms in total. The first-order valence-corrected chi connectivity index (χ1v) is 6.28. The molecule has 22 heavy (non-hydrogen) atoms. The monoisotopic (exact) mass is 336 g/mol. The first-order valence-electron chi connectivity index (χ1n) is 6.28. The van der Waals surface area contributed by atoms with Gasteiger partial charge in [-0.1, -0.05) is 31.2 Å². The standard InChI is InChI=1S/C13H15F7O2/c1-2-3-4-5-6-7-8-9-22-10(21)11(14,15)12(16,17)13(18,19)20/h3-4,6-7H,2,5,8-9H2,1H3/b4-3+,7-6+. The van der Waals surface area contributed by atoms with E-state index in [1.807, 2.05) is 13.0 Å². The molecule has 0 heterocycles. The van der Waals surface area contributed by atoms with Crippen LogP contribution in [0.3, 0.4) is 0 Å². The van der Waals surface area contributed by atoms with Crippen molar-refractivity contribution in [3.63, 3.8) is 0 Å². The number of halogens is 7. The molecule has 0 saturated carbocycles. The third-order valence-electron chi connectivity index (χ3n) is 2.37. The van der Waals surface area contributed by atoms with Crippen LogP contribution in [0, 0.1) is 0 Å². The molecule has 0 aromatic rings. The molecule has 0 aromatic heterocycles. The summed E-state index contributed by atoms with van der Waals surface area (Å²) in [6.07, 6.45) is 1.42. The molecule has 0 atom stereocenters. The van der Waals surface area contributed by atoms with Crippen LogP contribution in [0.25, 0.3) is 0 Å². The summed E-state index contributed by atoms with van der Waals surface area (Å²) in [6.45, 7) is 1.19. The van der Waals surface area contributed by atoms with Gasteiger partial charge in [0.25, 0.3) is 0 Å². The number of hydrogen-bond donors (Lipinski definition) is 0. The lowest BCUT2D eigenvalue weighted by atomic mass is 10.1. The molecule has 0 aliphatic carbocycles. The molecular formula is C13H15F7O2. The Balaban J connectivity index is 4.40. The Labute approximate surface area is 122 Å². The maximum Gasteiger partial charge on any atom is 0.460 e. The quantitative estimate of drug-likeness (QED) is 0.279. The second kappa shape index (κ2) is 8.19. The molecule has 0 bridgehead atoms. The summed E-state index contributed by atoms with van der Waals surface area (Å²) in [6, 6.07) is 0. The van der Waals surface area contributed by atoms with Gasteiger partial charge >= 0.3 is 24.0 Å². The van der Waals surface area contributed by atoms with E-state index < -0.39 is 30.6 Å². The first-order chi connectivity index (χ1) is 9.98. The first kappa shape index (κ1) is 20.5. The molecule has 0 unspecified atom stereocenters. The molecule has 0 rings (SSSR count). The van der Waals surface area contributed by atoms with Crippen molar-refractivity contribution in [2.75, 3.05) is 6.61 Å². The van der Waals surface area contributed by atoms with Crippen LogP contribution in [-0.2, 0) is 9.53 Å². The molecule has 0 amide bonds. The number of carbonyl (C=O) groups excluding carboxylic acids is 1. The zero-order valence-electron chi connectivity index (χ0n) is 11.6. The predicted octanol–water partition coefficient (Wildman–Crippen LogP) is 4.67. The second-order valence-electron chi connectivity index (χ2n) is 4.16. The van der Waals surface area contributed by atoms with Gasteiger partial charge in [0, 0.05) is 0 Å². The van der Waals surface area contributed by atoms with Crippen molar-refractivity contribution < 1.29 is 40.3 Å². The van der Waals surface area contributed by atoms with Crippen molar-refractivity contribution in [2.45, 2.75) is 44.2 Å². The highest BCUT2D eigenvalue weighted by molar-refractivity contribution is 5.79. The van der Waals surface area contributed by atoms with Crippen LogP contribution in [0.2, 0.25) is 0 Å². The highest BCUT2D eigenvalue weighted by Crippen LogP contribution is 2.46. The topological polar surface area (TPSA) is 26.3 Å². The number of esters is 1. The highest BCUT2D eigenvalue weighted by atomic mass is 19.4. The van der Waals surface area contributed by atoms with Gasteiger partial charge in [-0.05, 0) is 19.3 Å². The van der Waals surface area contributed by atoms with Gasteiger partial charge in [0.2, 0.25) is 0 Å². The van der Waals surface area contributed by atoms with Crippen molar-refractivity contribution in [3.8, 4) is 0 Å². The Morgan fingerprint density at radius 3 is 2.00 bits per heavy atom. The minimum Gasteiger partial charge on any atom is -0.461 e. The molecule has 0 saturated heterocycles. The zero-order chi connectivity index (χ0) is 17.4. The molecule has 0 N–H and O–H groups in total. The van der Waals surface area contributed by atoms with E-state index in [1.54, 1.807) is 12.2 Å². The van der Waals surface area contributed by atoms with Gasteiger partial charge in [0.1, 0.15) is 0 Å².